The third kappa shape index (κ3) is 5.71. The van der Waals surface area contributed by atoms with Crippen LogP contribution >= 0.6 is 0 Å². The fourth-order valence-corrected chi connectivity index (χ4v) is 1.86. The molecule has 108 valence electrons. The maximum absolute atomic E-state index is 10.8. The molecule has 1 aromatic rings. The molecule has 0 amide bonds. The highest BCUT2D eigenvalue weighted by Crippen LogP contribution is 2.24. The van der Waals surface area contributed by atoms with Crippen molar-refractivity contribution in [3.63, 3.8) is 0 Å². The first-order valence-electron chi connectivity index (χ1n) is 5.91. The number of ether oxygens (including phenoxy) is 1. The van der Waals surface area contributed by atoms with Gasteiger partial charge in [-0.05, 0) is 12.8 Å². The van der Waals surface area contributed by atoms with E-state index in [0.29, 0.717) is 37.0 Å². The molecule has 1 heterocycles. The van der Waals surface area contributed by atoms with Gasteiger partial charge in [-0.1, -0.05) is 6.92 Å². The van der Waals surface area contributed by atoms with Crippen molar-refractivity contribution in [3.05, 3.63) is 6.33 Å². The van der Waals surface area contributed by atoms with Crippen LogP contribution in [0.2, 0.25) is 0 Å². The molecule has 0 aliphatic carbocycles. The van der Waals surface area contributed by atoms with Gasteiger partial charge < -0.3 is 15.8 Å². The number of aromatic nitrogens is 2. The largest absolute Gasteiger partial charge is 0.476 e. The van der Waals surface area contributed by atoms with E-state index in [4.69, 9.17) is 15.6 Å². The van der Waals surface area contributed by atoms with Crippen molar-refractivity contribution >= 4 is 21.5 Å². The summed E-state index contributed by atoms with van der Waals surface area (Å²) in [4.78, 5) is 7.90. The van der Waals surface area contributed by atoms with Gasteiger partial charge >= 0.3 is 0 Å². The molecule has 0 fully saturated rings. The Kier molecular flexibility index (Phi) is 5.77. The Hall–Kier alpha value is -1.61. The van der Waals surface area contributed by atoms with E-state index in [1.54, 1.807) is 0 Å². The van der Waals surface area contributed by atoms with Crippen molar-refractivity contribution in [3.8, 4) is 5.88 Å². The molecule has 5 N–H and O–H groups in total. The van der Waals surface area contributed by atoms with Crippen molar-refractivity contribution in [2.24, 2.45) is 5.14 Å². The minimum atomic E-state index is -3.44. The molecule has 0 radical (unpaired) electrons. The summed E-state index contributed by atoms with van der Waals surface area (Å²) in [7, 11) is -3.44. The highest BCUT2D eigenvalue weighted by atomic mass is 32.2. The zero-order valence-corrected chi connectivity index (χ0v) is 11.6. The molecule has 0 bridgehead atoms. The third-order valence-corrected chi connectivity index (χ3v) is 3.05. The molecule has 0 saturated carbocycles. The fraction of sp³-hybridized carbons (Fsp3) is 0.600. The van der Waals surface area contributed by atoms with Crippen LogP contribution in [0.5, 0.6) is 5.88 Å². The number of rotatable bonds is 8. The SMILES string of the molecule is CCCOc1ncnc(NCCCS(N)(=O)=O)c1N. The van der Waals surface area contributed by atoms with E-state index in [-0.39, 0.29) is 5.75 Å². The molecule has 19 heavy (non-hydrogen) atoms. The van der Waals surface area contributed by atoms with Crippen LogP contribution in [0.4, 0.5) is 11.5 Å². The second-order valence-corrected chi connectivity index (χ2v) is 5.67. The first kappa shape index (κ1) is 15.4. The van der Waals surface area contributed by atoms with Crippen molar-refractivity contribution in [2.75, 3.05) is 30.0 Å². The summed E-state index contributed by atoms with van der Waals surface area (Å²) in [6.07, 6.45) is 2.55. The van der Waals surface area contributed by atoms with Gasteiger partial charge in [0, 0.05) is 6.54 Å². The Balaban J connectivity index is 2.54. The van der Waals surface area contributed by atoms with Crippen molar-refractivity contribution in [1.29, 1.82) is 0 Å². The maximum atomic E-state index is 10.8. The number of sulfonamides is 1. The molecule has 0 spiro atoms. The van der Waals surface area contributed by atoms with Crippen LogP contribution in [0.15, 0.2) is 6.33 Å². The summed E-state index contributed by atoms with van der Waals surface area (Å²) in [6.45, 7) is 2.89. The Morgan fingerprint density at radius 2 is 2.16 bits per heavy atom. The normalized spacial score (nSPS) is 11.3. The predicted molar refractivity (Wildman–Crippen MR) is 73.3 cm³/mol. The second-order valence-electron chi connectivity index (χ2n) is 3.94. The van der Waals surface area contributed by atoms with E-state index in [1.165, 1.54) is 6.33 Å². The molecule has 0 aliphatic rings. The number of hydrogen-bond donors (Lipinski definition) is 3. The van der Waals surface area contributed by atoms with E-state index in [2.05, 4.69) is 15.3 Å². The van der Waals surface area contributed by atoms with Gasteiger partial charge in [0.15, 0.2) is 5.82 Å². The maximum Gasteiger partial charge on any atom is 0.242 e. The molecule has 1 rings (SSSR count). The third-order valence-electron chi connectivity index (χ3n) is 2.19. The quantitative estimate of drug-likeness (QED) is 0.571. The zero-order chi connectivity index (χ0) is 14.3. The topological polar surface area (TPSA) is 133 Å². The van der Waals surface area contributed by atoms with Crippen LogP contribution in [0, 0.1) is 0 Å². The average Bonchev–Trinajstić information content (AvgIpc) is 2.33. The molecule has 1 aromatic heterocycles. The van der Waals surface area contributed by atoms with Gasteiger partial charge in [-0.15, -0.1) is 0 Å². The average molecular weight is 289 g/mol. The number of nitrogens with two attached hydrogens (primary N) is 2. The number of nitrogens with one attached hydrogen (secondary N) is 1. The molecule has 0 aromatic carbocycles. The standard InChI is InChI=1S/C10H19N5O3S/c1-2-5-18-10-8(11)9(14-7-15-10)13-4-3-6-19(12,16)17/h7H,2-6,11H2,1H3,(H2,12,16,17)(H,13,14,15). The first-order valence-corrected chi connectivity index (χ1v) is 7.63. The summed E-state index contributed by atoms with van der Waals surface area (Å²) < 4.78 is 26.9. The zero-order valence-electron chi connectivity index (χ0n) is 10.8. The Morgan fingerprint density at radius 3 is 2.79 bits per heavy atom. The van der Waals surface area contributed by atoms with Crippen LogP contribution in [-0.2, 0) is 10.0 Å². The summed E-state index contributed by atoms with van der Waals surface area (Å²) in [6, 6.07) is 0. The molecule has 0 unspecified atom stereocenters. The minimum Gasteiger partial charge on any atom is -0.476 e. The summed E-state index contributed by atoms with van der Waals surface area (Å²) in [5, 5.41) is 7.82. The molecule has 0 atom stereocenters. The predicted octanol–water partition coefficient (Wildman–Crippen LogP) is -0.0619. The van der Waals surface area contributed by atoms with Crippen LogP contribution < -0.4 is 20.9 Å². The number of nitrogens with zero attached hydrogens (tertiary/aromatic N) is 2. The molecule has 8 nitrogen and oxygen atoms in total. The lowest BCUT2D eigenvalue weighted by Crippen LogP contribution is -2.19. The van der Waals surface area contributed by atoms with E-state index in [9.17, 15) is 8.42 Å². The first-order chi connectivity index (χ1) is 8.94. The lowest BCUT2D eigenvalue weighted by atomic mass is 10.4. The van der Waals surface area contributed by atoms with E-state index >= 15 is 0 Å². The highest BCUT2D eigenvalue weighted by molar-refractivity contribution is 7.89. The van der Waals surface area contributed by atoms with Gasteiger partial charge in [-0.25, -0.2) is 18.5 Å². The fourth-order valence-electron chi connectivity index (χ4n) is 1.31. The van der Waals surface area contributed by atoms with Gasteiger partial charge in [0.1, 0.15) is 12.0 Å². The van der Waals surface area contributed by atoms with Crippen molar-refractivity contribution in [2.45, 2.75) is 19.8 Å². The second kappa shape index (κ2) is 7.10. The lowest BCUT2D eigenvalue weighted by molar-refractivity contribution is 0.306. The number of hydrogen-bond acceptors (Lipinski definition) is 7. The molecule has 0 saturated heterocycles. The van der Waals surface area contributed by atoms with E-state index in [0.717, 1.165) is 6.42 Å². The molecular formula is C10H19N5O3S. The van der Waals surface area contributed by atoms with Crippen LogP contribution in [-0.4, -0.2) is 37.3 Å². The summed E-state index contributed by atoms with van der Waals surface area (Å²) in [5.74, 6) is 0.658. The Bertz CT molecular complexity index is 506. The van der Waals surface area contributed by atoms with Crippen LogP contribution in [0.3, 0.4) is 0 Å². The lowest BCUT2D eigenvalue weighted by Gasteiger charge is -2.11. The van der Waals surface area contributed by atoms with Crippen LogP contribution in [0.1, 0.15) is 19.8 Å². The molecule has 9 heteroatoms. The number of nitrogen functional groups attached to an aromatic ring is 1. The van der Waals surface area contributed by atoms with Gasteiger partial charge in [-0.2, -0.15) is 4.98 Å². The van der Waals surface area contributed by atoms with Gasteiger partial charge in [0.2, 0.25) is 15.9 Å². The van der Waals surface area contributed by atoms with Crippen LogP contribution in [0.25, 0.3) is 0 Å². The smallest absolute Gasteiger partial charge is 0.242 e. The summed E-state index contributed by atoms with van der Waals surface area (Å²) >= 11 is 0. The van der Waals surface area contributed by atoms with Gasteiger partial charge in [-0.3, -0.25) is 0 Å². The highest BCUT2D eigenvalue weighted by Gasteiger charge is 2.09. The van der Waals surface area contributed by atoms with Gasteiger partial charge in [0.25, 0.3) is 0 Å². The van der Waals surface area contributed by atoms with Crippen molar-refractivity contribution in [1.82, 2.24) is 9.97 Å². The summed E-state index contributed by atoms with van der Waals surface area (Å²) in [5.41, 5.74) is 6.15. The minimum absolute atomic E-state index is 0.0931. The van der Waals surface area contributed by atoms with E-state index < -0.39 is 10.0 Å². The monoisotopic (exact) mass is 289 g/mol. The Labute approximate surface area is 112 Å². The Morgan fingerprint density at radius 1 is 1.42 bits per heavy atom. The number of anilines is 2. The van der Waals surface area contributed by atoms with E-state index in [1.807, 2.05) is 6.92 Å². The van der Waals surface area contributed by atoms with Gasteiger partial charge in [0.05, 0.1) is 12.4 Å². The number of primary sulfonamides is 1. The molecular weight excluding hydrogens is 270 g/mol. The molecule has 0 aliphatic heterocycles. The van der Waals surface area contributed by atoms with Crippen molar-refractivity contribution < 1.29 is 13.2 Å².